The first kappa shape index (κ1) is 33.7. The zero-order valence-electron chi connectivity index (χ0n) is 24.8. The number of ether oxygens (including phenoxy) is 3. The van der Waals surface area contributed by atoms with Crippen LogP contribution in [-0.4, -0.2) is 78.3 Å². The minimum Gasteiger partial charge on any atom is -0.497 e. The molecule has 2 aliphatic rings. The van der Waals surface area contributed by atoms with E-state index >= 15 is 0 Å². The third kappa shape index (κ3) is 7.90. The van der Waals surface area contributed by atoms with Crippen LogP contribution in [0.4, 0.5) is 0 Å². The van der Waals surface area contributed by atoms with E-state index in [9.17, 15) is 23.4 Å². The maximum Gasteiger partial charge on any atom is 0.355 e. The maximum atomic E-state index is 13.5. The zero-order chi connectivity index (χ0) is 32.2. The number of thiazole rings is 1. The van der Waals surface area contributed by atoms with Crippen LogP contribution in [0, 0.1) is 12.8 Å². The van der Waals surface area contributed by atoms with Crippen LogP contribution in [0.15, 0.2) is 46.1 Å². The van der Waals surface area contributed by atoms with Crippen molar-refractivity contribution < 1.29 is 42.4 Å². The summed E-state index contributed by atoms with van der Waals surface area (Å²) in [7, 11) is -0.00756. The average molecular weight is 758 g/mol. The Kier molecular flexibility index (Phi) is 10.9. The highest BCUT2D eigenvalue weighted by Gasteiger charge is 2.57. The molecule has 44 heavy (non-hydrogen) atoms. The Morgan fingerprint density at radius 3 is 2.50 bits per heavy atom. The molecule has 2 aromatic rings. The summed E-state index contributed by atoms with van der Waals surface area (Å²) in [6.45, 7) is 6.31. The molecule has 0 aliphatic carbocycles. The van der Waals surface area contributed by atoms with Crippen molar-refractivity contribution in [2.45, 2.75) is 51.7 Å². The van der Waals surface area contributed by atoms with Crippen LogP contribution in [0.5, 0.6) is 5.75 Å². The summed E-state index contributed by atoms with van der Waals surface area (Å²) in [5.74, 6) is -2.70. The molecule has 2 unspecified atom stereocenters. The van der Waals surface area contributed by atoms with Gasteiger partial charge in [0.25, 0.3) is 0 Å². The molecule has 2 aliphatic heterocycles. The van der Waals surface area contributed by atoms with Gasteiger partial charge in [-0.15, -0.1) is 11.3 Å². The Bertz CT molecular complexity index is 1530. The number of carbonyl (C=O) groups excluding carboxylic acids is 4. The highest BCUT2D eigenvalue weighted by Crippen LogP contribution is 2.41. The van der Waals surface area contributed by atoms with Crippen LogP contribution in [-0.2, 0) is 50.9 Å². The fourth-order valence-electron chi connectivity index (χ4n) is 4.56. The van der Waals surface area contributed by atoms with Gasteiger partial charge in [0.05, 0.1) is 18.0 Å². The molecule has 1 fully saturated rings. The number of alkyl halides is 1. The second kappa shape index (κ2) is 14.3. The number of Topliss-reactive ketones (excluding diaryl/α,β-unsaturated/α-hetero) is 1. The van der Waals surface area contributed by atoms with Crippen molar-refractivity contribution >= 4 is 74.1 Å². The van der Waals surface area contributed by atoms with E-state index in [2.05, 4.69) is 32.7 Å². The van der Waals surface area contributed by atoms with Gasteiger partial charge in [0.2, 0.25) is 12.5 Å². The number of nitrogens with zero attached hydrogens (tertiary/aromatic N) is 3. The first-order valence-corrected chi connectivity index (χ1v) is 17.3. The number of oxime groups is 1. The lowest BCUT2D eigenvalue weighted by Crippen LogP contribution is -2.66. The predicted molar refractivity (Wildman–Crippen MR) is 171 cm³/mol. The summed E-state index contributed by atoms with van der Waals surface area (Å²) in [6.07, 6.45) is -0.343. The van der Waals surface area contributed by atoms with Crippen molar-refractivity contribution in [3.63, 3.8) is 0 Å². The number of β-lactam (4-membered cyclic amide) rings is 1. The lowest BCUT2D eigenvalue weighted by atomic mass is 9.89. The Balaban J connectivity index is 1.49. The molecule has 0 radical (unpaired) electrons. The Morgan fingerprint density at radius 1 is 1.20 bits per heavy atom. The van der Waals surface area contributed by atoms with Crippen molar-refractivity contribution in [3.05, 3.63) is 57.2 Å². The second-order valence-corrected chi connectivity index (χ2v) is 14.3. The number of fused-ring (bicyclic) bond motifs is 1. The van der Waals surface area contributed by atoms with Crippen molar-refractivity contribution in [1.82, 2.24) is 9.88 Å². The van der Waals surface area contributed by atoms with E-state index in [4.69, 9.17) is 19.0 Å². The van der Waals surface area contributed by atoms with Gasteiger partial charge < -0.3 is 19.0 Å². The Labute approximate surface area is 274 Å². The van der Waals surface area contributed by atoms with E-state index in [1.54, 1.807) is 64.5 Å². The number of aromatic nitrogens is 1. The monoisotopic (exact) mass is 757 g/mol. The zero-order valence-corrected chi connectivity index (χ0v) is 28.6. The summed E-state index contributed by atoms with van der Waals surface area (Å²) in [5.41, 5.74) is 0.652. The van der Waals surface area contributed by atoms with Gasteiger partial charge in [0.15, 0.2) is 11.5 Å². The van der Waals surface area contributed by atoms with Crippen molar-refractivity contribution in [2.75, 3.05) is 23.9 Å². The largest absolute Gasteiger partial charge is 0.497 e. The standard InChI is InChI=1S/C29H32IN3O9S2/c1-16-31-21(14-43-16)24(32-41-13-23(35)42-29(2,3)4)22(34)10-20-26(36)33-25(18(11-30)15-44(38)27(20)33)28(37)40-12-17-6-8-19(39-5)9-7-17/h6-9,14,20,27H,10-13,15H2,1-5H3/b32-24-/t20?,27?,44-/m0/s1. The highest BCUT2D eigenvalue weighted by atomic mass is 127. The van der Waals surface area contributed by atoms with Gasteiger partial charge in [0.1, 0.15) is 34.7 Å². The number of hydrogen-bond acceptors (Lipinski definition) is 12. The fraction of sp³-hybridized carbons (Fsp3) is 0.448. The molecule has 1 aromatic heterocycles. The van der Waals surface area contributed by atoms with E-state index in [0.717, 1.165) is 5.56 Å². The first-order chi connectivity index (χ1) is 20.8. The van der Waals surface area contributed by atoms with Crippen LogP contribution in [0.25, 0.3) is 0 Å². The van der Waals surface area contributed by atoms with Gasteiger partial charge in [-0.3, -0.25) is 18.7 Å². The molecule has 3 atom stereocenters. The number of methoxy groups -OCH3 is 1. The van der Waals surface area contributed by atoms with Crippen LogP contribution in [0.2, 0.25) is 0 Å². The Morgan fingerprint density at radius 2 is 1.91 bits per heavy atom. The lowest BCUT2D eigenvalue weighted by molar-refractivity contribution is -0.160. The van der Waals surface area contributed by atoms with E-state index < -0.39 is 57.9 Å². The third-order valence-electron chi connectivity index (χ3n) is 6.49. The SMILES string of the molecule is COc1ccc(COC(=O)C2=C(CI)C[S@](=O)C3C(CC(=O)/C(=N\OCC(=O)OC(C)(C)C)c4csc(C)n4)C(=O)N23)cc1. The molecular weight excluding hydrogens is 725 g/mol. The number of amides is 1. The first-order valence-electron chi connectivity index (χ1n) is 13.5. The number of esters is 2. The molecule has 236 valence electrons. The second-order valence-electron chi connectivity index (χ2n) is 10.9. The minimum atomic E-state index is -1.56. The van der Waals surface area contributed by atoms with Crippen LogP contribution in [0.1, 0.15) is 43.5 Å². The van der Waals surface area contributed by atoms with Crippen LogP contribution in [0.3, 0.4) is 0 Å². The topological polar surface area (TPSA) is 151 Å². The quantitative estimate of drug-likeness (QED) is 0.0787. The molecule has 0 spiro atoms. The van der Waals surface area contributed by atoms with Gasteiger partial charge in [-0.2, -0.15) is 0 Å². The molecular formula is C29H32IN3O9S2. The number of benzene rings is 1. The van der Waals surface area contributed by atoms with E-state index in [0.29, 0.717) is 20.8 Å². The maximum absolute atomic E-state index is 13.5. The van der Waals surface area contributed by atoms with Crippen LogP contribution < -0.4 is 4.74 Å². The van der Waals surface area contributed by atoms with Crippen molar-refractivity contribution in [1.29, 1.82) is 0 Å². The molecule has 1 saturated heterocycles. The number of carbonyl (C=O) groups is 4. The molecule has 4 rings (SSSR count). The van der Waals surface area contributed by atoms with Crippen molar-refractivity contribution in [3.8, 4) is 5.75 Å². The number of hydrogen-bond donors (Lipinski definition) is 0. The van der Waals surface area contributed by atoms with Crippen molar-refractivity contribution in [2.24, 2.45) is 11.1 Å². The van der Waals surface area contributed by atoms with E-state index in [-0.39, 0.29) is 35.9 Å². The van der Waals surface area contributed by atoms with Gasteiger partial charge in [-0.1, -0.05) is 39.9 Å². The number of ketones is 1. The summed E-state index contributed by atoms with van der Waals surface area (Å²) < 4.78 is 29.5. The number of aryl methyl sites for hydroxylation is 1. The van der Waals surface area contributed by atoms with Gasteiger partial charge in [0, 0.05) is 32.8 Å². The summed E-state index contributed by atoms with van der Waals surface area (Å²) in [4.78, 5) is 62.9. The molecule has 15 heteroatoms. The number of halogens is 1. The molecule has 0 bridgehead atoms. The normalized spacial score (nSPS) is 20.0. The fourth-order valence-corrected chi connectivity index (χ4v) is 7.93. The molecule has 0 N–H and O–H groups in total. The summed E-state index contributed by atoms with van der Waals surface area (Å²) >= 11 is 3.34. The van der Waals surface area contributed by atoms with E-state index in [1.807, 2.05) is 0 Å². The third-order valence-corrected chi connectivity index (χ3v) is 9.89. The molecule has 0 saturated carbocycles. The molecule has 12 nitrogen and oxygen atoms in total. The Hall–Kier alpha value is -3.18. The average Bonchev–Trinajstić information content (AvgIpc) is 3.40. The smallest absolute Gasteiger partial charge is 0.355 e. The number of rotatable bonds is 12. The highest BCUT2D eigenvalue weighted by molar-refractivity contribution is 14.1. The minimum absolute atomic E-state index is 0.0330. The predicted octanol–water partition coefficient (Wildman–Crippen LogP) is 3.46. The van der Waals surface area contributed by atoms with Gasteiger partial charge >= 0.3 is 11.9 Å². The van der Waals surface area contributed by atoms with E-state index in [1.165, 1.54) is 16.2 Å². The van der Waals surface area contributed by atoms with Crippen LogP contribution >= 0.6 is 33.9 Å². The summed E-state index contributed by atoms with van der Waals surface area (Å²) in [5, 5.41) is 5.28. The summed E-state index contributed by atoms with van der Waals surface area (Å²) in [6, 6.07) is 7.00. The van der Waals surface area contributed by atoms with Gasteiger partial charge in [-0.25, -0.2) is 14.6 Å². The lowest BCUT2D eigenvalue weighted by Gasteiger charge is -2.49. The molecule has 1 amide bonds. The molecule has 3 heterocycles. The van der Waals surface area contributed by atoms with Gasteiger partial charge in [-0.05, 0) is 51.0 Å². The molecule has 1 aromatic carbocycles.